The van der Waals surface area contributed by atoms with E-state index in [1.807, 2.05) is 24.4 Å². The van der Waals surface area contributed by atoms with E-state index in [0.717, 1.165) is 6.42 Å². The summed E-state index contributed by atoms with van der Waals surface area (Å²) in [7, 11) is 0. The van der Waals surface area contributed by atoms with Crippen molar-refractivity contribution in [3.63, 3.8) is 0 Å². The molecule has 15 heavy (non-hydrogen) atoms. The Hall–Kier alpha value is -0.870. The number of ether oxygens (including phenoxy) is 1. The molecule has 0 fully saturated rings. The molecule has 0 aliphatic carbocycles. The highest BCUT2D eigenvalue weighted by molar-refractivity contribution is 7.09. The lowest BCUT2D eigenvalue weighted by atomic mass is 10.1. The third kappa shape index (κ3) is 4.95. The second-order valence-electron chi connectivity index (χ2n) is 3.59. The Labute approximate surface area is 94.2 Å². The molecule has 0 aliphatic heterocycles. The van der Waals surface area contributed by atoms with Crippen molar-refractivity contribution >= 4 is 17.3 Å². The van der Waals surface area contributed by atoms with Gasteiger partial charge in [-0.3, -0.25) is 4.79 Å². The number of esters is 1. The Morgan fingerprint density at radius 3 is 3.07 bits per heavy atom. The smallest absolute Gasteiger partial charge is 0.306 e. The number of rotatable bonds is 6. The minimum Gasteiger partial charge on any atom is -0.465 e. The summed E-state index contributed by atoms with van der Waals surface area (Å²) in [6, 6.07) is 4.04. The molecular formula is C11H17NO2S. The number of carbonyl (C=O) groups excluding carboxylic acids is 1. The van der Waals surface area contributed by atoms with E-state index in [0.29, 0.717) is 19.6 Å². The minimum absolute atomic E-state index is 0.149. The van der Waals surface area contributed by atoms with Crippen molar-refractivity contribution in [2.24, 2.45) is 11.7 Å². The van der Waals surface area contributed by atoms with Crippen LogP contribution in [0.2, 0.25) is 0 Å². The fourth-order valence-corrected chi connectivity index (χ4v) is 1.84. The normalized spacial score (nSPS) is 12.4. The molecule has 0 saturated heterocycles. The summed E-state index contributed by atoms with van der Waals surface area (Å²) in [6.07, 6.45) is 1.22. The number of hydrogen-bond acceptors (Lipinski definition) is 4. The van der Waals surface area contributed by atoms with Gasteiger partial charge in [-0.15, -0.1) is 11.3 Å². The van der Waals surface area contributed by atoms with E-state index in [4.69, 9.17) is 10.5 Å². The van der Waals surface area contributed by atoms with E-state index in [9.17, 15) is 4.79 Å². The molecule has 0 radical (unpaired) electrons. The standard InChI is InChI=1S/C11H17NO2S/c1-9(8-12)7-11(13)14-5-4-10-3-2-6-15-10/h2-3,6,9H,4-5,7-8,12H2,1H3. The maximum atomic E-state index is 11.3. The van der Waals surface area contributed by atoms with Gasteiger partial charge in [0.05, 0.1) is 6.61 Å². The highest BCUT2D eigenvalue weighted by atomic mass is 32.1. The van der Waals surface area contributed by atoms with Crippen molar-refractivity contribution in [2.45, 2.75) is 19.8 Å². The zero-order valence-electron chi connectivity index (χ0n) is 8.94. The summed E-state index contributed by atoms with van der Waals surface area (Å²) in [5, 5.41) is 2.02. The van der Waals surface area contributed by atoms with Crippen LogP contribution in [0.5, 0.6) is 0 Å². The van der Waals surface area contributed by atoms with Gasteiger partial charge in [0.2, 0.25) is 0 Å². The summed E-state index contributed by atoms with van der Waals surface area (Å²) >= 11 is 1.68. The summed E-state index contributed by atoms with van der Waals surface area (Å²) in [4.78, 5) is 12.5. The van der Waals surface area contributed by atoms with Gasteiger partial charge in [0.25, 0.3) is 0 Å². The van der Waals surface area contributed by atoms with Gasteiger partial charge in [-0.1, -0.05) is 13.0 Å². The molecule has 4 heteroatoms. The highest BCUT2D eigenvalue weighted by Gasteiger charge is 2.08. The van der Waals surface area contributed by atoms with E-state index in [1.165, 1.54) is 4.88 Å². The first-order valence-electron chi connectivity index (χ1n) is 5.10. The van der Waals surface area contributed by atoms with Gasteiger partial charge in [0.1, 0.15) is 0 Å². The molecule has 1 rings (SSSR count). The van der Waals surface area contributed by atoms with E-state index < -0.39 is 0 Å². The summed E-state index contributed by atoms with van der Waals surface area (Å²) < 4.78 is 5.10. The SMILES string of the molecule is CC(CN)CC(=O)OCCc1cccs1. The van der Waals surface area contributed by atoms with Crippen LogP contribution in [-0.4, -0.2) is 19.1 Å². The maximum absolute atomic E-state index is 11.3. The molecule has 1 heterocycles. The van der Waals surface area contributed by atoms with E-state index in [1.54, 1.807) is 11.3 Å². The summed E-state index contributed by atoms with van der Waals surface area (Å²) in [5.41, 5.74) is 5.42. The molecule has 1 aromatic rings. The first-order valence-corrected chi connectivity index (χ1v) is 5.98. The number of hydrogen-bond donors (Lipinski definition) is 1. The van der Waals surface area contributed by atoms with Crippen LogP contribution in [0.1, 0.15) is 18.2 Å². The molecule has 1 aromatic heterocycles. The second-order valence-corrected chi connectivity index (χ2v) is 4.63. The molecule has 0 saturated carbocycles. The van der Waals surface area contributed by atoms with Gasteiger partial charge >= 0.3 is 5.97 Å². The Morgan fingerprint density at radius 1 is 1.67 bits per heavy atom. The maximum Gasteiger partial charge on any atom is 0.306 e. The first-order chi connectivity index (χ1) is 7.22. The molecule has 84 valence electrons. The van der Waals surface area contributed by atoms with Crippen molar-refractivity contribution in [1.29, 1.82) is 0 Å². The van der Waals surface area contributed by atoms with E-state index in [-0.39, 0.29) is 11.9 Å². The number of nitrogens with two attached hydrogens (primary N) is 1. The highest BCUT2D eigenvalue weighted by Crippen LogP contribution is 2.09. The van der Waals surface area contributed by atoms with Gasteiger partial charge in [0, 0.05) is 17.7 Å². The van der Waals surface area contributed by atoms with Gasteiger partial charge in [-0.25, -0.2) is 0 Å². The zero-order chi connectivity index (χ0) is 11.1. The lowest BCUT2D eigenvalue weighted by Gasteiger charge is -2.07. The summed E-state index contributed by atoms with van der Waals surface area (Å²) in [5.74, 6) is 0.0590. The Kier molecular flexibility index (Phi) is 5.36. The summed E-state index contributed by atoms with van der Waals surface area (Å²) in [6.45, 7) is 2.94. The van der Waals surface area contributed by atoms with Crippen LogP contribution in [0.3, 0.4) is 0 Å². The van der Waals surface area contributed by atoms with Crippen molar-refractivity contribution in [3.8, 4) is 0 Å². The lowest BCUT2D eigenvalue weighted by molar-refractivity contribution is -0.144. The van der Waals surface area contributed by atoms with Crippen LogP contribution in [0, 0.1) is 5.92 Å². The fourth-order valence-electron chi connectivity index (χ4n) is 1.15. The fraction of sp³-hybridized carbons (Fsp3) is 0.545. The molecule has 3 nitrogen and oxygen atoms in total. The monoisotopic (exact) mass is 227 g/mol. The van der Waals surface area contributed by atoms with Gasteiger partial charge < -0.3 is 10.5 Å². The van der Waals surface area contributed by atoms with Crippen LogP contribution in [0.4, 0.5) is 0 Å². The molecule has 1 unspecified atom stereocenters. The first kappa shape index (κ1) is 12.2. The number of thiophene rings is 1. The Balaban J connectivity index is 2.12. The third-order valence-corrected chi connectivity index (χ3v) is 3.05. The Morgan fingerprint density at radius 2 is 2.47 bits per heavy atom. The minimum atomic E-state index is -0.149. The second kappa shape index (κ2) is 6.58. The molecule has 1 atom stereocenters. The van der Waals surface area contributed by atoms with Crippen LogP contribution in [0.15, 0.2) is 17.5 Å². The molecule has 0 aliphatic rings. The van der Waals surface area contributed by atoms with Crippen molar-refractivity contribution in [2.75, 3.05) is 13.2 Å². The molecule has 0 amide bonds. The lowest BCUT2D eigenvalue weighted by Crippen LogP contribution is -2.17. The molecule has 2 N–H and O–H groups in total. The zero-order valence-corrected chi connectivity index (χ0v) is 9.76. The van der Waals surface area contributed by atoms with Crippen molar-refractivity contribution in [3.05, 3.63) is 22.4 Å². The van der Waals surface area contributed by atoms with Gasteiger partial charge in [-0.2, -0.15) is 0 Å². The van der Waals surface area contributed by atoms with Gasteiger partial charge in [-0.05, 0) is 23.9 Å². The van der Waals surface area contributed by atoms with Gasteiger partial charge in [0.15, 0.2) is 0 Å². The average molecular weight is 227 g/mol. The molecule has 0 aromatic carbocycles. The number of carbonyl (C=O) groups is 1. The third-order valence-electron chi connectivity index (χ3n) is 2.11. The van der Waals surface area contributed by atoms with E-state index in [2.05, 4.69) is 0 Å². The predicted octanol–water partition coefficient (Wildman–Crippen LogP) is 1.82. The van der Waals surface area contributed by atoms with E-state index >= 15 is 0 Å². The Bertz CT molecular complexity index is 285. The molecular weight excluding hydrogens is 210 g/mol. The topological polar surface area (TPSA) is 52.3 Å². The van der Waals surface area contributed by atoms with Crippen LogP contribution < -0.4 is 5.73 Å². The largest absolute Gasteiger partial charge is 0.465 e. The van der Waals surface area contributed by atoms with Crippen molar-refractivity contribution < 1.29 is 9.53 Å². The average Bonchev–Trinajstić information content (AvgIpc) is 2.70. The quantitative estimate of drug-likeness (QED) is 0.754. The van der Waals surface area contributed by atoms with Crippen LogP contribution >= 0.6 is 11.3 Å². The van der Waals surface area contributed by atoms with Crippen LogP contribution in [0.25, 0.3) is 0 Å². The van der Waals surface area contributed by atoms with Crippen molar-refractivity contribution in [1.82, 2.24) is 0 Å². The molecule has 0 spiro atoms. The molecule has 0 bridgehead atoms. The predicted molar refractivity (Wildman–Crippen MR) is 61.8 cm³/mol. The van der Waals surface area contributed by atoms with Crippen LogP contribution in [-0.2, 0) is 16.0 Å².